The molecule has 2 N–H and O–H groups in total. The highest BCUT2D eigenvalue weighted by Crippen LogP contribution is 2.14. The minimum absolute atomic E-state index is 0.335. The molecule has 0 aliphatic heterocycles. The smallest absolute Gasteiger partial charge is 0.264 e. The zero-order chi connectivity index (χ0) is 22.8. The summed E-state index contributed by atoms with van der Waals surface area (Å²) >= 11 is 3.48. The van der Waals surface area contributed by atoms with Crippen LogP contribution >= 0.6 is 15.9 Å². The number of hydrogen-bond acceptors (Lipinski definition) is 4. The Balaban J connectivity index is 1.94. The van der Waals surface area contributed by atoms with Crippen molar-refractivity contribution in [1.29, 1.82) is 0 Å². The van der Waals surface area contributed by atoms with Gasteiger partial charge in [0.25, 0.3) is 5.91 Å². The number of rotatable bonds is 19. The van der Waals surface area contributed by atoms with Crippen LogP contribution in [0.15, 0.2) is 24.3 Å². The molecule has 0 aliphatic rings. The Kier molecular flexibility index (Phi) is 15.8. The van der Waals surface area contributed by atoms with Gasteiger partial charge in [0.1, 0.15) is 0 Å². The van der Waals surface area contributed by atoms with Crippen LogP contribution in [-0.4, -0.2) is 32.5 Å². The van der Waals surface area contributed by atoms with Crippen LogP contribution in [0, 0.1) is 0 Å². The van der Waals surface area contributed by atoms with Crippen molar-refractivity contribution >= 4 is 37.5 Å². The van der Waals surface area contributed by atoms with E-state index in [9.17, 15) is 13.2 Å². The Hall–Kier alpha value is -1.08. The standard InChI is InChI=1S/C24H41BrN2O3S/c1-31(29,30)27-24(28)22-16-18-23(19-17-22)26-21-15-13-11-9-7-5-3-2-4-6-8-10-12-14-20-25/h16-19,26H,2-15,20-21H2,1H3,(H,27,28). The van der Waals surface area contributed by atoms with Gasteiger partial charge < -0.3 is 5.32 Å². The number of carbonyl (C=O) groups excluding carboxylic acids is 1. The third-order valence-electron chi connectivity index (χ3n) is 5.31. The molecule has 0 saturated carbocycles. The van der Waals surface area contributed by atoms with E-state index in [2.05, 4.69) is 21.2 Å². The maximum absolute atomic E-state index is 11.8. The molecule has 0 saturated heterocycles. The van der Waals surface area contributed by atoms with Gasteiger partial charge in [-0.25, -0.2) is 13.1 Å². The molecule has 0 spiro atoms. The van der Waals surface area contributed by atoms with E-state index in [4.69, 9.17) is 0 Å². The molecular formula is C24H41BrN2O3S. The van der Waals surface area contributed by atoms with E-state index in [0.29, 0.717) is 5.56 Å². The third-order valence-corrected chi connectivity index (χ3v) is 6.43. The summed E-state index contributed by atoms with van der Waals surface area (Å²) in [6, 6.07) is 6.88. The summed E-state index contributed by atoms with van der Waals surface area (Å²) in [5.41, 5.74) is 1.28. The van der Waals surface area contributed by atoms with E-state index < -0.39 is 15.9 Å². The summed E-state index contributed by atoms with van der Waals surface area (Å²) in [5, 5.41) is 4.50. The van der Waals surface area contributed by atoms with Crippen LogP contribution in [0.3, 0.4) is 0 Å². The lowest BCUT2D eigenvalue weighted by Crippen LogP contribution is -2.29. The molecular weight excluding hydrogens is 476 g/mol. The number of amides is 1. The van der Waals surface area contributed by atoms with E-state index >= 15 is 0 Å². The van der Waals surface area contributed by atoms with Gasteiger partial charge in [-0.3, -0.25) is 4.79 Å². The first-order chi connectivity index (χ1) is 14.9. The summed E-state index contributed by atoms with van der Waals surface area (Å²) in [4.78, 5) is 11.8. The molecule has 0 bridgehead atoms. The van der Waals surface area contributed by atoms with Crippen LogP contribution in [0.1, 0.15) is 100 Å². The first-order valence-corrected chi connectivity index (χ1v) is 14.9. The lowest BCUT2D eigenvalue weighted by atomic mass is 10.0. The molecule has 1 aromatic carbocycles. The molecule has 0 unspecified atom stereocenters. The fourth-order valence-corrected chi connectivity index (χ4v) is 4.39. The summed E-state index contributed by atoms with van der Waals surface area (Å²) in [6.07, 6.45) is 19.8. The second-order valence-electron chi connectivity index (χ2n) is 8.35. The Morgan fingerprint density at radius 2 is 1.16 bits per heavy atom. The minimum Gasteiger partial charge on any atom is -0.385 e. The molecule has 1 aromatic rings. The van der Waals surface area contributed by atoms with Gasteiger partial charge >= 0.3 is 0 Å². The van der Waals surface area contributed by atoms with Crippen molar-refractivity contribution in [3.8, 4) is 0 Å². The average molecular weight is 518 g/mol. The van der Waals surface area contributed by atoms with Crippen LogP contribution < -0.4 is 10.0 Å². The second-order valence-corrected chi connectivity index (χ2v) is 10.9. The SMILES string of the molecule is CS(=O)(=O)NC(=O)c1ccc(NCCCCCCCCCCCCCCCCBr)cc1. The predicted molar refractivity (Wildman–Crippen MR) is 136 cm³/mol. The van der Waals surface area contributed by atoms with Crippen molar-refractivity contribution in [2.45, 2.75) is 89.9 Å². The fourth-order valence-electron chi connectivity index (χ4n) is 3.54. The Bertz CT molecular complexity index is 693. The summed E-state index contributed by atoms with van der Waals surface area (Å²) in [5.74, 6) is -0.602. The van der Waals surface area contributed by atoms with Gasteiger partial charge in [-0.1, -0.05) is 93.0 Å². The largest absolute Gasteiger partial charge is 0.385 e. The number of sulfonamides is 1. The second kappa shape index (κ2) is 17.5. The van der Waals surface area contributed by atoms with Crippen LogP contribution in [0.5, 0.6) is 0 Å². The topological polar surface area (TPSA) is 75.3 Å². The fraction of sp³-hybridized carbons (Fsp3) is 0.708. The molecule has 0 heterocycles. The highest BCUT2D eigenvalue weighted by atomic mass is 79.9. The molecule has 0 atom stereocenters. The maximum Gasteiger partial charge on any atom is 0.264 e. The monoisotopic (exact) mass is 516 g/mol. The number of benzene rings is 1. The van der Waals surface area contributed by atoms with Crippen molar-refractivity contribution in [3.63, 3.8) is 0 Å². The zero-order valence-corrected chi connectivity index (χ0v) is 21.5. The van der Waals surface area contributed by atoms with Crippen molar-refractivity contribution in [2.24, 2.45) is 0 Å². The van der Waals surface area contributed by atoms with Gasteiger partial charge in [0.05, 0.1) is 6.26 Å². The maximum atomic E-state index is 11.8. The van der Waals surface area contributed by atoms with Crippen LogP contribution in [0.4, 0.5) is 5.69 Å². The number of anilines is 1. The molecule has 1 amide bonds. The summed E-state index contributed by atoms with van der Waals surface area (Å²) < 4.78 is 24.2. The lowest BCUT2D eigenvalue weighted by Gasteiger charge is -2.08. The van der Waals surface area contributed by atoms with Gasteiger partial charge in [0.15, 0.2) is 0 Å². The van der Waals surface area contributed by atoms with Crippen LogP contribution in [0.25, 0.3) is 0 Å². The predicted octanol–water partition coefficient (Wildman–Crippen LogP) is 6.64. The van der Waals surface area contributed by atoms with Crippen molar-refractivity contribution < 1.29 is 13.2 Å². The molecule has 0 radical (unpaired) electrons. The number of nitrogens with one attached hydrogen (secondary N) is 2. The molecule has 178 valence electrons. The van der Waals surface area contributed by atoms with E-state index in [-0.39, 0.29) is 0 Å². The van der Waals surface area contributed by atoms with E-state index in [0.717, 1.165) is 30.2 Å². The van der Waals surface area contributed by atoms with Crippen LogP contribution in [-0.2, 0) is 10.0 Å². The van der Waals surface area contributed by atoms with Gasteiger partial charge in [-0.05, 0) is 37.1 Å². The number of unbranched alkanes of at least 4 members (excludes halogenated alkanes) is 13. The van der Waals surface area contributed by atoms with Gasteiger partial charge in [-0.2, -0.15) is 0 Å². The Morgan fingerprint density at radius 3 is 1.58 bits per heavy atom. The molecule has 0 fully saturated rings. The quantitative estimate of drug-likeness (QED) is 0.159. The van der Waals surface area contributed by atoms with Crippen molar-refractivity contribution in [3.05, 3.63) is 29.8 Å². The number of alkyl halides is 1. The average Bonchev–Trinajstić information content (AvgIpc) is 2.72. The molecule has 31 heavy (non-hydrogen) atoms. The van der Waals surface area contributed by atoms with E-state index in [1.807, 2.05) is 4.72 Å². The molecule has 5 nitrogen and oxygen atoms in total. The molecule has 7 heteroatoms. The Morgan fingerprint density at radius 1 is 0.742 bits per heavy atom. The summed E-state index contributed by atoms with van der Waals surface area (Å²) in [6.45, 7) is 0.907. The van der Waals surface area contributed by atoms with Crippen molar-refractivity contribution in [1.82, 2.24) is 4.72 Å². The van der Waals surface area contributed by atoms with Gasteiger partial charge in [0.2, 0.25) is 10.0 Å². The highest BCUT2D eigenvalue weighted by Gasteiger charge is 2.10. The lowest BCUT2D eigenvalue weighted by molar-refractivity contribution is 0.0981. The first kappa shape index (κ1) is 28.0. The third kappa shape index (κ3) is 16.2. The zero-order valence-electron chi connectivity index (χ0n) is 19.1. The van der Waals surface area contributed by atoms with Gasteiger partial charge in [0, 0.05) is 23.1 Å². The number of hydrogen-bond donors (Lipinski definition) is 2. The van der Waals surface area contributed by atoms with E-state index in [1.165, 1.54) is 83.5 Å². The minimum atomic E-state index is -3.54. The normalized spacial score (nSPS) is 11.4. The molecule has 0 aromatic heterocycles. The molecule has 0 aliphatic carbocycles. The van der Waals surface area contributed by atoms with Crippen molar-refractivity contribution in [2.75, 3.05) is 23.4 Å². The number of carbonyl (C=O) groups is 1. The summed E-state index contributed by atoms with van der Waals surface area (Å²) in [7, 11) is -3.54. The Labute approximate surface area is 198 Å². The highest BCUT2D eigenvalue weighted by molar-refractivity contribution is 9.09. The van der Waals surface area contributed by atoms with Gasteiger partial charge in [-0.15, -0.1) is 0 Å². The molecule has 1 rings (SSSR count). The number of halogens is 1. The van der Waals surface area contributed by atoms with E-state index in [1.54, 1.807) is 24.3 Å². The van der Waals surface area contributed by atoms with Crippen LogP contribution in [0.2, 0.25) is 0 Å². The first-order valence-electron chi connectivity index (χ1n) is 11.8.